The van der Waals surface area contributed by atoms with E-state index in [0.717, 1.165) is 29.1 Å². The zero-order valence-corrected chi connectivity index (χ0v) is 15.4. The van der Waals surface area contributed by atoms with E-state index in [-0.39, 0.29) is 6.03 Å². The summed E-state index contributed by atoms with van der Waals surface area (Å²) in [7, 11) is 0. The zero-order chi connectivity index (χ0) is 17.9. The molecular weight excluding hydrogens is 304 g/mol. The summed E-state index contributed by atoms with van der Waals surface area (Å²) in [6, 6.07) is 5.69. The minimum absolute atomic E-state index is 0.189. The summed E-state index contributed by atoms with van der Waals surface area (Å²) in [6.45, 7) is 11.8. The van der Waals surface area contributed by atoms with Gasteiger partial charge in [-0.05, 0) is 50.8 Å². The van der Waals surface area contributed by atoms with E-state index in [1.54, 1.807) is 6.20 Å². The first-order valence-electron chi connectivity index (χ1n) is 8.57. The van der Waals surface area contributed by atoms with Crippen molar-refractivity contribution in [3.63, 3.8) is 0 Å². The molecule has 0 bridgehead atoms. The number of benzene rings is 1. The molecule has 0 aromatic heterocycles. The molecule has 0 aliphatic rings. The van der Waals surface area contributed by atoms with Crippen LogP contribution in [0.1, 0.15) is 40.2 Å². The van der Waals surface area contributed by atoms with Gasteiger partial charge in [0, 0.05) is 12.7 Å². The van der Waals surface area contributed by atoms with Gasteiger partial charge in [-0.2, -0.15) is 0 Å². The Kier molecular flexibility index (Phi) is 8.76. The molecule has 24 heavy (non-hydrogen) atoms. The quantitative estimate of drug-likeness (QED) is 0.720. The topological polar surface area (TPSA) is 59.6 Å². The number of ether oxygens (including phenoxy) is 2. The van der Waals surface area contributed by atoms with Gasteiger partial charge in [-0.1, -0.05) is 25.5 Å². The van der Waals surface area contributed by atoms with Gasteiger partial charge in [-0.25, -0.2) is 4.79 Å². The van der Waals surface area contributed by atoms with Crippen LogP contribution in [0.5, 0.6) is 11.5 Å². The van der Waals surface area contributed by atoms with E-state index in [1.165, 1.54) is 0 Å². The Morgan fingerprint density at radius 1 is 1.17 bits per heavy atom. The normalized spacial score (nSPS) is 11.3. The first-order valence-corrected chi connectivity index (χ1v) is 8.57. The SMILES string of the molecule is CCOc1ccc(CCNC(=O)N/C=C(\C)C(C)C)cc1OCC. The van der Waals surface area contributed by atoms with Gasteiger partial charge in [0.2, 0.25) is 0 Å². The molecule has 134 valence electrons. The van der Waals surface area contributed by atoms with Gasteiger partial charge in [-0.15, -0.1) is 0 Å². The van der Waals surface area contributed by atoms with Crippen LogP contribution in [0, 0.1) is 5.92 Å². The Balaban J connectivity index is 2.51. The molecule has 1 rings (SSSR count). The number of amides is 2. The summed E-state index contributed by atoms with van der Waals surface area (Å²) >= 11 is 0. The van der Waals surface area contributed by atoms with Crippen molar-refractivity contribution in [2.75, 3.05) is 19.8 Å². The standard InChI is InChI=1S/C19H30N2O3/c1-6-23-17-9-8-16(12-18(17)24-7-2)10-11-20-19(22)21-13-15(5)14(3)4/h8-9,12-14H,6-7,10-11H2,1-5H3,(H2,20,21,22)/b15-13+. The van der Waals surface area contributed by atoms with Crippen molar-refractivity contribution in [3.05, 3.63) is 35.5 Å². The fourth-order valence-electron chi connectivity index (χ4n) is 1.97. The second-order valence-corrected chi connectivity index (χ2v) is 5.84. The molecule has 0 saturated heterocycles. The van der Waals surface area contributed by atoms with Crippen molar-refractivity contribution in [1.82, 2.24) is 10.6 Å². The number of carbonyl (C=O) groups is 1. The Hall–Kier alpha value is -2.17. The van der Waals surface area contributed by atoms with Gasteiger partial charge in [0.15, 0.2) is 11.5 Å². The predicted molar refractivity (Wildman–Crippen MR) is 97.6 cm³/mol. The van der Waals surface area contributed by atoms with E-state index in [9.17, 15) is 4.79 Å². The third kappa shape index (κ3) is 6.94. The molecule has 0 atom stereocenters. The van der Waals surface area contributed by atoms with Crippen molar-refractivity contribution < 1.29 is 14.3 Å². The molecule has 2 N–H and O–H groups in total. The lowest BCUT2D eigenvalue weighted by atomic mass is 10.1. The molecule has 0 saturated carbocycles. The van der Waals surface area contributed by atoms with Gasteiger partial charge < -0.3 is 20.1 Å². The van der Waals surface area contributed by atoms with Crippen LogP contribution in [-0.4, -0.2) is 25.8 Å². The molecule has 0 radical (unpaired) electrons. The third-order valence-electron chi connectivity index (χ3n) is 3.65. The molecular formula is C19H30N2O3. The molecule has 1 aromatic carbocycles. The van der Waals surface area contributed by atoms with E-state index < -0.39 is 0 Å². The lowest BCUT2D eigenvalue weighted by Gasteiger charge is -2.12. The average Bonchev–Trinajstić information content (AvgIpc) is 2.55. The summed E-state index contributed by atoms with van der Waals surface area (Å²) in [4.78, 5) is 11.8. The molecule has 0 aliphatic carbocycles. The van der Waals surface area contributed by atoms with E-state index in [4.69, 9.17) is 9.47 Å². The minimum atomic E-state index is -0.189. The van der Waals surface area contributed by atoms with Crippen LogP contribution in [0.2, 0.25) is 0 Å². The van der Waals surface area contributed by atoms with E-state index in [2.05, 4.69) is 24.5 Å². The number of hydrogen-bond donors (Lipinski definition) is 2. The fraction of sp³-hybridized carbons (Fsp3) is 0.526. The Bertz CT molecular complexity index is 554. The maximum atomic E-state index is 11.8. The lowest BCUT2D eigenvalue weighted by molar-refractivity contribution is 0.244. The highest BCUT2D eigenvalue weighted by Gasteiger charge is 2.06. The number of allylic oxidation sites excluding steroid dienone is 1. The molecule has 5 nitrogen and oxygen atoms in total. The maximum Gasteiger partial charge on any atom is 0.318 e. The van der Waals surface area contributed by atoms with E-state index in [0.29, 0.717) is 25.7 Å². The molecule has 5 heteroatoms. The van der Waals surface area contributed by atoms with Crippen LogP contribution in [0.3, 0.4) is 0 Å². The Morgan fingerprint density at radius 2 is 1.83 bits per heavy atom. The largest absolute Gasteiger partial charge is 0.490 e. The van der Waals surface area contributed by atoms with Crippen LogP contribution < -0.4 is 20.1 Å². The van der Waals surface area contributed by atoms with Gasteiger partial charge >= 0.3 is 6.03 Å². The number of rotatable bonds is 9. The number of hydrogen-bond acceptors (Lipinski definition) is 3. The number of carbonyl (C=O) groups excluding carboxylic acids is 1. The minimum Gasteiger partial charge on any atom is -0.490 e. The van der Waals surface area contributed by atoms with Gasteiger partial charge in [-0.3, -0.25) is 0 Å². The third-order valence-corrected chi connectivity index (χ3v) is 3.65. The van der Waals surface area contributed by atoms with E-state index >= 15 is 0 Å². The van der Waals surface area contributed by atoms with E-state index in [1.807, 2.05) is 39.0 Å². The first kappa shape index (κ1) is 19.9. The summed E-state index contributed by atoms with van der Waals surface area (Å²) in [5.41, 5.74) is 2.23. The van der Waals surface area contributed by atoms with Crippen molar-refractivity contribution >= 4 is 6.03 Å². The van der Waals surface area contributed by atoms with Crippen LogP contribution in [0.25, 0.3) is 0 Å². The van der Waals surface area contributed by atoms with Crippen molar-refractivity contribution in [1.29, 1.82) is 0 Å². The van der Waals surface area contributed by atoms with Crippen molar-refractivity contribution in [2.24, 2.45) is 5.92 Å². The van der Waals surface area contributed by atoms with Gasteiger partial charge in [0.25, 0.3) is 0 Å². The molecule has 2 amide bonds. The van der Waals surface area contributed by atoms with Crippen molar-refractivity contribution in [3.8, 4) is 11.5 Å². The summed E-state index contributed by atoms with van der Waals surface area (Å²) < 4.78 is 11.2. The molecule has 0 spiro atoms. The highest BCUT2D eigenvalue weighted by atomic mass is 16.5. The Morgan fingerprint density at radius 3 is 2.46 bits per heavy atom. The fourth-order valence-corrected chi connectivity index (χ4v) is 1.97. The molecule has 0 heterocycles. The summed E-state index contributed by atoms with van der Waals surface area (Å²) in [5, 5.41) is 5.60. The van der Waals surface area contributed by atoms with Crippen molar-refractivity contribution in [2.45, 2.75) is 41.0 Å². The van der Waals surface area contributed by atoms with Gasteiger partial charge in [0.05, 0.1) is 13.2 Å². The first-order chi connectivity index (χ1) is 11.5. The zero-order valence-electron chi connectivity index (χ0n) is 15.4. The lowest BCUT2D eigenvalue weighted by Crippen LogP contribution is -2.33. The number of nitrogens with one attached hydrogen (secondary N) is 2. The second-order valence-electron chi connectivity index (χ2n) is 5.84. The maximum absolute atomic E-state index is 11.8. The molecule has 0 unspecified atom stereocenters. The summed E-state index contributed by atoms with van der Waals surface area (Å²) in [6.07, 6.45) is 2.48. The van der Waals surface area contributed by atoms with Crippen LogP contribution in [-0.2, 0) is 6.42 Å². The highest BCUT2D eigenvalue weighted by molar-refractivity contribution is 5.74. The second kappa shape index (κ2) is 10.6. The van der Waals surface area contributed by atoms with Crippen LogP contribution in [0.4, 0.5) is 4.79 Å². The van der Waals surface area contributed by atoms with Gasteiger partial charge in [0.1, 0.15) is 0 Å². The summed E-state index contributed by atoms with van der Waals surface area (Å²) in [5.74, 6) is 1.92. The average molecular weight is 334 g/mol. The smallest absolute Gasteiger partial charge is 0.318 e. The molecule has 0 aliphatic heterocycles. The Labute approximate surface area is 145 Å². The van der Waals surface area contributed by atoms with Crippen LogP contribution >= 0.6 is 0 Å². The monoisotopic (exact) mass is 334 g/mol. The molecule has 0 fully saturated rings. The van der Waals surface area contributed by atoms with Crippen LogP contribution in [0.15, 0.2) is 30.0 Å². The predicted octanol–water partition coefficient (Wildman–Crippen LogP) is 3.89. The number of urea groups is 1. The molecule has 1 aromatic rings. The highest BCUT2D eigenvalue weighted by Crippen LogP contribution is 2.28.